The summed E-state index contributed by atoms with van der Waals surface area (Å²) in [6.45, 7) is 0. The van der Waals surface area contributed by atoms with E-state index in [2.05, 4.69) is 26.2 Å². The average Bonchev–Trinajstić information content (AvgIpc) is 2.69. The van der Waals surface area contributed by atoms with E-state index in [9.17, 15) is 9.59 Å². The van der Waals surface area contributed by atoms with Crippen LogP contribution in [-0.2, 0) is 16.0 Å². The third-order valence-electron chi connectivity index (χ3n) is 4.08. The first-order chi connectivity index (χ1) is 13.0. The van der Waals surface area contributed by atoms with Crippen LogP contribution in [0.3, 0.4) is 0 Å². The summed E-state index contributed by atoms with van der Waals surface area (Å²) in [7, 11) is 1.28. The molecule has 1 atom stereocenters. The monoisotopic (exact) mass is 446 g/mol. The number of ether oxygens (including phenoxy) is 1. The van der Waals surface area contributed by atoms with Gasteiger partial charge in [0.2, 0.25) is 0 Å². The summed E-state index contributed by atoms with van der Waals surface area (Å²) in [6, 6.07) is 13.6. The number of rotatable bonds is 5. The van der Waals surface area contributed by atoms with Gasteiger partial charge in [0.05, 0.1) is 18.2 Å². The molecule has 0 aliphatic heterocycles. The van der Waals surface area contributed by atoms with Crippen LogP contribution >= 0.6 is 27.5 Å². The fourth-order valence-electron chi connectivity index (χ4n) is 2.69. The Bertz CT molecular complexity index is 1010. The van der Waals surface area contributed by atoms with Crippen LogP contribution in [0.5, 0.6) is 0 Å². The van der Waals surface area contributed by atoms with E-state index < -0.39 is 17.9 Å². The Morgan fingerprint density at radius 2 is 2.00 bits per heavy atom. The summed E-state index contributed by atoms with van der Waals surface area (Å²) < 4.78 is 5.64. The van der Waals surface area contributed by atoms with Crippen LogP contribution in [0.2, 0.25) is 5.02 Å². The molecule has 0 bridgehead atoms. The van der Waals surface area contributed by atoms with Crippen molar-refractivity contribution in [2.45, 2.75) is 12.5 Å². The molecule has 0 spiro atoms. The van der Waals surface area contributed by atoms with Gasteiger partial charge in [0, 0.05) is 27.5 Å². The summed E-state index contributed by atoms with van der Waals surface area (Å²) in [5, 5.41) is 4.11. The number of amides is 1. The van der Waals surface area contributed by atoms with Gasteiger partial charge in [-0.3, -0.25) is 9.78 Å². The molecule has 3 aromatic rings. The van der Waals surface area contributed by atoms with E-state index >= 15 is 0 Å². The first-order valence-corrected chi connectivity index (χ1v) is 9.32. The van der Waals surface area contributed by atoms with E-state index in [1.165, 1.54) is 13.3 Å². The van der Waals surface area contributed by atoms with Gasteiger partial charge in [-0.25, -0.2) is 4.79 Å². The largest absolute Gasteiger partial charge is 0.467 e. The maximum atomic E-state index is 12.7. The van der Waals surface area contributed by atoms with Gasteiger partial charge in [-0.2, -0.15) is 0 Å². The number of pyridine rings is 1. The van der Waals surface area contributed by atoms with Crippen molar-refractivity contribution in [3.8, 4) is 0 Å². The van der Waals surface area contributed by atoms with Crippen LogP contribution < -0.4 is 5.32 Å². The Labute approximate surface area is 169 Å². The summed E-state index contributed by atoms with van der Waals surface area (Å²) in [5.41, 5.74) is 1.95. The van der Waals surface area contributed by atoms with Crippen LogP contribution in [0.4, 0.5) is 0 Å². The molecule has 0 unspecified atom stereocenters. The summed E-state index contributed by atoms with van der Waals surface area (Å²) in [4.78, 5) is 29.1. The predicted molar refractivity (Wildman–Crippen MR) is 108 cm³/mol. The number of nitrogens with one attached hydrogen (secondary N) is 1. The molecule has 5 nitrogen and oxygen atoms in total. The van der Waals surface area contributed by atoms with Gasteiger partial charge in [-0.15, -0.1) is 0 Å². The zero-order valence-corrected chi connectivity index (χ0v) is 16.8. The van der Waals surface area contributed by atoms with Crippen LogP contribution in [0, 0.1) is 0 Å². The van der Waals surface area contributed by atoms with E-state index in [1.807, 2.05) is 24.3 Å². The number of para-hydroxylation sites is 1. The maximum Gasteiger partial charge on any atom is 0.328 e. The topological polar surface area (TPSA) is 68.3 Å². The zero-order chi connectivity index (χ0) is 19.4. The van der Waals surface area contributed by atoms with Gasteiger partial charge in [0.25, 0.3) is 5.91 Å². The summed E-state index contributed by atoms with van der Waals surface area (Å²) in [5.74, 6) is -0.939. The molecule has 0 saturated heterocycles. The van der Waals surface area contributed by atoms with E-state index in [0.29, 0.717) is 10.6 Å². The Morgan fingerprint density at radius 1 is 1.22 bits per heavy atom. The van der Waals surface area contributed by atoms with Gasteiger partial charge in [-0.05, 0) is 35.9 Å². The van der Waals surface area contributed by atoms with Crippen LogP contribution in [0.25, 0.3) is 10.9 Å². The molecule has 0 aliphatic rings. The van der Waals surface area contributed by atoms with Crippen molar-refractivity contribution >= 4 is 50.3 Å². The highest BCUT2D eigenvalue weighted by atomic mass is 79.9. The minimum atomic E-state index is -0.858. The molecule has 1 heterocycles. The van der Waals surface area contributed by atoms with Crippen LogP contribution in [-0.4, -0.2) is 30.0 Å². The molecule has 7 heteroatoms. The molecule has 0 saturated carbocycles. The second-order valence-corrected chi connectivity index (χ2v) is 7.20. The van der Waals surface area contributed by atoms with Crippen molar-refractivity contribution in [3.63, 3.8) is 0 Å². The number of carbonyl (C=O) groups excluding carboxylic acids is 2. The third kappa shape index (κ3) is 4.64. The number of methoxy groups -OCH3 is 1. The van der Waals surface area contributed by atoms with Crippen molar-refractivity contribution < 1.29 is 14.3 Å². The van der Waals surface area contributed by atoms with E-state index in [1.54, 1.807) is 24.3 Å². The van der Waals surface area contributed by atoms with Gasteiger partial charge in [0.15, 0.2) is 0 Å². The molecule has 3 rings (SSSR count). The number of halogens is 2. The van der Waals surface area contributed by atoms with Gasteiger partial charge in [-0.1, -0.05) is 45.7 Å². The lowest BCUT2D eigenvalue weighted by Crippen LogP contribution is -2.43. The third-order valence-corrected chi connectivity index (χ3v) is 5.08. The van der Waals surface area contributed by atoms with Gasteiger partial charge >= 0.3 is 5.97 Å². The highest BCUT2D eigenvalue weighted by molar-refractivity contribution is 9.10. The number of aromatic nitrogens is 1. The average molecular weight is 448 g/mol. The zero-order valence-electron chi connectivity index (χ0n) is 14.4. The second kappa shape index (κ2) is 8.50. The molecule has 1 amide bonds. The Balaban J connectivity index is 1.83. The molecule has 2 aromatic carbocycles. The normalized spacial score (nSPS) is 11.8. The molecule has 27 heavy (non-hydrogen) atoms. The number of hydrogen-bond donors (Lipinski definition) is 1. The molecule has 0 fully saturated rings. The quantitative estimate of drug-likeness (QED) is 0.596. The SMILES string of the molecule is COC(=O)[C@H](Cc1cc(Cl)ccc1Br)NC(=O)c1cnc2ccccc2c1. The first-order valence-electron chi connectivity index (χ1n) is 8.15. The van der Waals surface area contributed by atoms with Gasteiger partial charge in [0.1, 0.15) is 6.04 Å². The Hall–Kier alpha value is -2.44. The van der Waals surface area contributed by atoms with Crippen molar-refractivity contribution in [1.29, 1.82) is 0 Å². The lowest BCUT2D eigenvalue weighted by atomic mass is 10.1. The number of carbonyl (C=O) groups is 2. The fraction of sp³-hybridized carbons (Fsp3) is 0.150. The highest BCUT2D eigenvalue weighted by Gasteiger charge is 2.24. The number of hydrogen-bond acceptors (Lipinski definition) is 4. The number of nitrogens with zero attached hydrogens (tertiary/aromatic N) is 1. The number of fused-ring (bicyclic) bond motifs is 1. The standard InChI is InChI=1S/C20H16BrClN2O3/c1-27-20(26)18(10-13-9-15(22)6-7-16(13)21)24-19(25)14-8-12-4-2-3-5-17(12)23-11-14/h2-9,11,18H,10H2,1H3,(H,24,25)/t18-/m0/s1. The van der Waals surface area contributed by atoms with Gasteiger partial charge < -0.3 is 10.1 Å². The van der Waals surface area contributed by atoms with E-state index in [-0.39, 0.29) is 6.42 Å². The van der Waals surface area contributed by atoms with Crippen molar-refractivity contribution in [1.82, 2.24) is 10.3 Å². The van der Waals surface area contributed by atoms with Crippen molar-refractivity contribution in [3.05, 3.63) is 75.4 Å². The molecule has 0 aliphatic carbocycles. The molecule has 1 aromatic heterocycles. The Morgan fingerprint density at radius 3 is 2.78 bits per heavy atom. The second-order valence-electron chi connectivity index (χ2n) is 5.91. The van der Waals surface area contributed by atoms with Crippen LogP contribution in [0.1, 0.15) is 15.9 Å². The number of esters is 1. The summed E-state index contributed by atoms with van der Waals surface area (Å²) in [6.07, 6.45) is 1.72. The lowest BCUT2D eigenvalue weighted by molar-refractivity contribution is -0.142. The lowest BCUT2D eigenvalue weighted by Gasteiger charge is -2.17. The fourth-order valence-corrected chi connectivity index (χ4v) is 3.30. The summed E-state index contributed by atoms with van der Waals surface area (Å²) >= 11 is 9.47. The van der Waals surface area contributed by atoms with Crippen LogP contribution in [0.15, 0.2) is 59.2 Å². The van der Waals surface area contributed by atoms with Crippen molar-refractivity contribution in [2.75, 3.05) is 7.11 Å². The number of benzene rings is 2. The Kier molecular flexibility index (Phi) is 6.08. The first kappa shape index (κ1) is 19.3. The van der Waals surface area contributed by atoms with E-state index in [0.717, 1.165) is 20.9 Å². The van der Waals surface area contributed by atoms with E-state index in [4.69, 9.17) is 16.3 Å². The maximum absolute atomic E-state index is 12.7. The predicted octanol–water partition coefficient (Wildman–Crippen LogP) is 4.16. The molecule has 0 radical (unpaired) electrons. The molecule has 138 valence electrons. The minimum absolute atomic E-state index is 0.237. The molecular weight excluding hydrogens is 432 g/mol. The smallest absolute Gasteiger partial charge is 0.328 e. The molecule has 1 N–H and O–H groups in total. The minimum Gasteiger partial charge on any atom is -0.467 e. The van der Waals surface area contributed by atoms with Crippen molar-refractivity contribution in [2.24, 2.45) is 0 Å². The highest BCUT2D eigenvalue weighted by Crippen LogP contribution is 2.23. The molecular formula is C20H16BrClN2O3.